The second-order valence-corrected chi connectivity index (χ2v) is 2.28. The second kappa shape index (κ2) is 2.83. The predicted octanol–water partition coefficient (Wildman–Crippen LogP) is -1.07. The molecule has 0 aliphatic rings. The molecule has 0 unspecified atom stereocenters. The number of aromatic nitrogens is 5. The minimum atomic E-state index is -0.252. The van der Waals surface area contributed by atoms with E-state index in [1.54, 1.807) is 0 Å². The van der Waals surface area contributed by atoms with Gasteiger partial charge in [-0.3, -0.25) is 0 Å². The number of hydrogen-bond acceptors (Lipinski definition) is 7. The van der Waals surface area contributed by atoms with E-state index in [1.807, 2.05) is 0 Å². The Hall–Kier alpha value is -1.96. The highest BCUT2D eigenvalue weighted by atomic mass is 16.6. The van der Waals surface area contributed by atoms with Gasteiger partial charge in [-0.1, -0.05) is 0 Å². The van der Waals surface area contributed by atoms with Gasteiger partial charge in [0.1, 0.15) is 11.4 Å². The standard InChI is InChI=1S/C5H6N6O2/c6-5-4(9-13-10-5)3-2(1-12)7-11-8-3/h12H,1H2,(H2,6,10)(H,7,8,11). The summed E-state index contributed by atoms with van der Waals surface area (Å²) in [5.41, 5.74) is 6.40. The Morgan fingerprint density at radius 3 is 2.77 bits per heavy atom. The summed E-state index contributed by atoms with van der Waals surface area (Å²) in [6.07, 6.45) is 0. The minimum Gasteiger partial charge on any atom is -0.390 e. The molecule has 2 rings (SSSR count). The van der Waals surface area contributed by atoms with E-state index in [1.165, 1.54) is 0 Å². The number of nitrogens with two attached hydrogens (primary N) is 1. The number of aliphatic hydroxyl groups is 1. The number of rotatable bonds is 2. The van der Waals surface area contributed by atoms with Crippen LogP contribution in [0.15, 0.2) is 4.63 Å². The van der Waals surface area contributed by atoms with Gasteiger partial charge in [0.2, 0.25) is 0 Å². The normalized spacial score (nSPS) is 10.5. The maximum absolute atomic E-state index is 8.85. The number of H-pyrrole nitrogens is 1. The van der Waals surface area contributed by atoms with E-state index in [4.69, 9.17) is 10.8 Å². The Labute approximate surface area is 71.7 Å². The highest BCUT2D eigenvalue weighted by molar-refractivity contribution is 5.66. The van der Waals surface area contributed by atoms with Crippen molar-refractivity contribution in [3.8, 4) is 11.4 Å². The van der Waals surface area contributed by atoms with E-state index in [-0.39, 0.29) is 18.1 Å². The zero-order chi connectivity index (χ0) is 9.26. The lowest BCUT2D eigenvalue weighted by Crippen LogP contribution is -1.92. The largest absolute Gasteiger partial charge is 0.390 e. The molecule has 2 heterocycles. The van der Waals surface area contributed by atoms with Crippen molar-refractivity contribution in [2.75, 3.05) is 5.73 Å². The van der Waals surface area contributed by atoms with E-state index >= 15 is 0 Å². The third-order valence-corrected chi connectivity index (χ3v) is 1.51. The number of nitrogens with zero attached hydrogens (tertiary/aromatic N) is 4. The van der Waals surface area contributed by atoms with Crippen molar-refractivity contribution in [3.63, 3.8) is 0 Å². The summed E-state index contributed by atoms with van der Waals surface area (Å²) in [4.78, 5) is 0. The lowest BCUT2D eigenvalue weighted by atomic mass is 10.2. The van der Waals surface area contributed by atoms with Crippen LogP contribution in [-0.2, 0) is 6.61 Å². The first-order valence-electron chi connectivity index (χ1n) is 3.42. The van der Waals surface area contributed by atoms with Crippen molar-refractivity contribution in [1.82, 2.24) is 25.7 Å². The van der Waals surface area contributed by atoms with Gasteiger partial charge in [0.15, 0.2) is 11.5 Å². The van der Waals surface area contributed by atoms with Crippen LogP contribution in [0.1, 0.15) is 5.69 Å². The second-order valence-electron chi connectivity index (χ2n) is 2.28. The molecule has 0 saturated carbocycles. The molecule has 0 radical (unpaired) electrons. The van der Waals surface area contributed by atoms with Crippen LogP contribution in [0, 0.1) is 0 Å². The lowest BCUT2D eigenvalue weighted by Gasteiger charge is -1.90. The van der Waals surface area contributed by atoms with Gasteiger partial charge >= 0.3 is 0 Å². The number of anilines is 1. The molecule has 8 nitrogen and oxygen atoms in total. The van der Waals surface area contributed by atoms with Crippen molar-refractivity contribution in [2.45, 2.75) is 6.61 Å². The monoisotopic (exact) mass is 182 g/mol. The smallest absolute Gasteiger partial charge is 0.198 e. The summed E-state index contributed by atoms with van der Waals surface area (Å²) in [6, 6.07) is 0. The molecule has 2 aromatic heterocycles. The highest BCUT2D eigenvalue weighted by Crippen LogP contribution is 2.21. The Morgan fingerprint density at radius 1 is 1.31 bits per heavy atom. The number of nitrogens with one attached hydrogen (secondary N) is 1. The fraction of sp³-hybridized carbons (Fsp3) is 0.200. The van der Waals surface area contributed by atoms with Crippen molar-refractivity contribution < 1.29 is 9.74 Å². The van der Waals surface area contributed by atoms with Crippen LogP contribution in [0.5, 0.6) is 0 Å². The van der Waals surface area contributed by atoms with Crippen LogP contribution in [0.3, 0.4) is 0 Å². The Morgan fingerprint density at radius 2 is 2.15 bits per heavy atom. The summed E-state index contributed by atoms with van der Waals surface area (Å²) in [5.74, 6) is 0.114. The fourth-order valence-electron chi connectivity index (χ4n) is 0.912. The van der Waals surface area contributed by atoms with Crippen LogP contribution < -0.4 is 5.73 Å². The summed E-state index contributed by atoms with van der Waals surface area (Å²) < 4.78 is 4.38. The molecular weight excluding hydrogens is 176 g/mol. The topological polar surface area (TPSA) is 127 Å². The first-order valence-corrected chi connectivity index (χ1v) is 3.42. The highest BCUT2D eigenvalue weighted by Gasteiger charge is 2.16. The van der Waals surface area contributed by atoms with Crippen molar-refractivity contribution in [3.05, 3.63) is 5.69 Å². The molecule has 13 heavy (non-hydrogen) atoms. The molecule has 0 fully saturated rings. The zero-order valence-corrected chi connectivity index (χ0v) is 6.43. The average Bonchev–Trinajstić information content (AvgIpc) is 2.71. The van der Waals surface area contributed by atoms with Crippen LogP contribution in [0.25, 0.3) is 11.4 Å². The zero-order valence-electron chi connectivity index (χ0n) is 6.43. The molecule has 0 spiro atoms. The van der Waals surface area contributed by atoms with Gasteiger partial charge in [-0.25, -0.2) is 4.63 Å². The molecule has 8 heteroatoms. The van der Waals surface area contributed by atoms with Gasteiger partial charge in [-0.2, -0.15) is 15.4 Å². The number of hydrogen-bond donors (Lipinski definition) is 3. The van der Waals surface area contributed by atoms with Gasteiger partial charge < -0.3 is 10.8 Å². The molecular formula is C5H6N6O2. The molecule has 0 aliphatic carbocycles. The summed E-state index contributed by atoms with van der Waals surface area (Å²) in [6.45, 7) is -0.252. The summed E-state index contributed by atoms with van der Waals surface area (Å²) >= 11 is 0. The third-order valence-electron chi connectivity index (χ3n) is 1.51. The summed E-state index contributed by atoms with van der Waals surface area (Å²) in [5, 5.41) is 25.5. The Balaban J connectivity index is 2.52. The molecule has 68 valence electrons. The van der Waals surface area contributed by atoms with E-state index in [2.05, 4.69) is 30.4 Å². The van der Waals surface area contributed by atoms with Crippen LogP contribution >= 0.6 is 0 Å². The first kappa shape index (κ1) is 7.68. The average molecular weight is 182 g/mol. The van der Waals surface area contributed by atoms with Crippen molar-refractivity contribution >= 4 is 5.82 Å². The molecule has 4 N–H and O–H groups in total. The SMILES string of the molecule is Nc1nonc1-c1n[nH]nc1CO. The van der Waals surface area contributed by atoms with E-state index < -0.39 is 0 Å². The maximum Gasteiger partial charge on any atom is 0.198 e. The Bertz CT molecular complexity index is 407. The number of aromatic amines is 1. The van der Waals surface area contributed by atoms with Gasteiger partial charge in [0.05, 0.1) is 6.61 Å². The quantitative estimate of drug-likeness (QED) is 0.539. The summed E-state index contributed by atoms with van der Waals surface area (Å²) in [7, 11) is 0. The minimum absolute atomic E-state index is 0.114. The third kappa shape index (κ3) is 1.12. The lowest BCUT2D eigenvalue weighted by molar-refractivity contribution is 0.277. The number of aliphatic hydroxyl groups excluding tert-OH is 1. The fourth-order valence-corrected chi connectivity index (χ4v) is 0.912. The molecule has 0 amide bonds. The van der Waals surface area contributed by atoms with Crippen LogP contribution in [0.4, 0.5) is 5.82 Å². The van der Waals surface area contributed by atoms with Gasteiger partial charge in [-0.15, -0.1) is 0 Å². The molecule has 0 aliphatic heterocycles. The van der Waals surface area contributed by atoms with Gasteiger partial charge in [0, 0.05) is 0 Å². The van der Waals surface area contributed by atoms with Crippen molar-refractivity contribution in [1.29, 1.82) is 0 Å². The molecule has 0 saturated heterocycles. The van der Waals surface area contributed by atoms with E-state index in [9.17, 15) is 0 Å². The Kier molecular flexibility index (Phi) is 1.67. The van der Waals surface area contributed by atoms with E-state index in [0.717, 1.165) is 0 Å². The predicted molar refractivity (Wildman–Crippen MR) is 40.0 cm³/mol. The van der Waals surface area contributed by atoms with Gasteiger partial charge in [-0.05, 0) is 10.3 Å². The molecule has 0 aromatic carbocycles. The number of nitrogen functional groups attached to an aromatic ring is 1. The molecule has 0 bridgehead atoms. The molecule has 2 aromatic rings. The van der Waals surface area contributed by atoms with Gasteiger partial charge in [0.25, 0.3) is 0 Å². The first-order chi connectivity index (χ1) is 6.33. The van der Waals surface area contributed by atoms with Crippen LogP contribution in [0.2, 0.25) is 0 Å². The van der Waals surface area contributed by atoms with Crippen LogP contribution in [-0.4, -0.2) is 30.8 Å². The van der Waals surface area contributed by atoms with Crippen molar-refractivity contribution in [2.24, 2.45) is 0 Å². The maximum atomic E-state index is 8.85. The van der Waals surface area contributed by atoms with E-state index in [0.29, 0.717) is 11.4 Å². The molecule has 0 atom stereocenters.